The highest BCUT2D eigenvalue weighted by Crippen LogP contribution is 2.28. The molecule has 2 saturated carbocycles. The summed E-state index contributed by atoms with van der Waals surface area (Å²) in [6.45, 7) is 2.17. The second-order valence-corrected chi connectivity index (χ2v) is 6.60. The monoisotopic (exact) mass is 302 g/mol. The lowest BCUT2D eigenvalue weighted by atomic mass is 9.86. The van der Waals surface area contributed by atoms with Gasteiger partial charge in [0.05, 0.1) is 5.92 Å². The van der Waals surface area contributed by atoms with Gasteiger partial charge in [0.2, 0.25) is 5.91 Å². The van der Waals surface area contributed by atoms with E-state index in [1.54, 1.807) is 0 Å². The number of carbonyl (C=O) groups is 1. The number of hydrogen-bond donors (Lipinski definition) is 2. The van der Waals surface area contributed by atoms with Crippen molar-refractivity contribution < 1.29 is 4.79 Å². The zero-order chi connectivity index (χ0) is 13.7. The average Bonchev–Trinajstić information content (AvgIpc) is 2.87. The molecular weight excluding hydrogens is 272 g/mol. The summed E-state index contributed by atoms with van der Waals surface area (Å²) in [5.41, 5.74) is 6.22. The van der Waals surface area contributed by atoms with Crippen molar-refractivity contribution in [2.24, 2.45) is 17.6 Å². The van der Waals surface area contributed by atoms with Gasteiger partial charge in [0.1, 0.15) is 0 Å². The van der Waals surface area contributed by atoms with Gasteiger partial charge in [-0.25, -0.2) is 0 Å². The Morgan fingerprint density at radius 2 is 1.55 bits per heavy atom. The first-order valence-electron chi connectivity index (χ1n) is 8.24. The van der Waals surface area contributed by atoms with E-state index >= 15 is 0 Å². The molecule has 0 aromatic rings. The van der Waals surface area contributed by atoms with Crippen molar-refractivity contribution >= 4 is 18.3 Å². The summed E-state index contributed by atoms with van der Waals surface area (Å²) in [6, 6.07) is 0.392. The lowest BCUT2D eigenvalue weighted by Gasteiger charge is -2.28. The van der Waals surface area contributed by atoms with Crippen LogP contribution in [-0.4, -0.2) is 18.0 Å². The van der Waals surface area contributed by atoms with E-state index in [1.807, 2.05) is 0 Å². The molecule has 3 atom stereocenters. The van der Waals surface area contributed by atoms with Crippen molar-refractivity contribution in [3.63, 3.8) is 0 Å². The molecule has 0 saturated heterocycles. The molecule has 3 N–H and O–H groups in total. The van der Waals surface area contributed by atoms with Crippen LogP contribution in [0.2, 0.25) is 0 Å². The fraction of sp³-hybridized carbons (Fsp3) is 0.938. The highest BCUT2D eigenvalue weighted by atomic mass is 35.5. The van der Waals surface area contributed by atoms with Crippen LogP contribution >= 0.6 is 12.4 Å². The normalized spacial score (nSPS) is 29.9. The van der Waals surface area contributed by atoms with E-state index in [9.17, 15) is 4.79 Å². The van der Waals surface area contributed by atoms with Gasteiger partial charge in [-0.3, -0.25) is 4.79 Å². The van der Waals surface area contributed by atoms with E-state index in [1.165, 1.54) is 44.9 Å². The van der Waals surface area contributed by atoms with Crippen LogP contribution in [0.25, 0.3) is 0 Å². The second-order valence-electron chi connectivity index (χ2n) is 6.60. The largest absolute Gasteiger partial charge is 0.353 e. The van der Waals surface area contributed by atoms with E-state index in [0.717, 1.165) is 19.3 Å². The van der Waals surface area contributed by atoms with Crippen molar-refractivity contribution in [2.45, 2.75) is 83.2 Å². The minimum absolute atomic E-state index is 0. The van der Waals surface area contributed by atoms with E-state index in [-0.39, 0.29) is 30.3 Å². The molecule has 4 heteroatoms. The number of hydrogen-bond acceptors (Lipinski definition) is 2. The molecule has 0 bridgehead atoms. The van der Waals surface area contributed by atoms with Gasteiger partial charge < -0.3 is 11.1 Å². The van der Waals surface area contributed by atoms with Crippen LogP contribution < -0.4 is 11.1 Å². The maximum atomic E-state index is 12.4. The van der Waals surface area contributed by atoms with Crippen molar-refractivity contribution in [1.82, 2.24) is 5.32 Å². The van der Waals surface area contributed by atoms with Crippen molar-refractivity contribution in [2.75, 3.05) is 0 Å². The highest BCUT2D eigenvalue weighted by molar-refractivity contribution is 5.85. The molecule has 118 valence electrons. The Hall–Kier alpha value is -0.280. The molecule has 0 aromatic heterocycles. The summed E-state index contributed by atoms with van der Waals surface area (Å²) in [7, 11) is 0. The molecule has 2 rings (SSSR count). The van der Waals surface area contributed by atoms with Gasteiger partial charge in [-0.2, -0.15) is 0 Å². The first-order valence-corrected chi connectivity index (χ1v) is 8.24. The molecule has 0 aromatic carbocycles. The average molecular weight is 303 g/mol. The molecule has 3 unspecified atom stereocenters. The van der Waals surface area contributed by atoms with Crippen molar-refractivity contribution in [3.8, 4) is 0 Å². The van der Waals surface area contributed by atoms with Crippen molar-refractivity contribution in [1.29, 1.82) is 0 Å². The van der Waals surface area contributed by atoms with Gasteiger partial charge in [0.15, 0.2) is 0 Å². The molecule has 2 aliphatic carbocycles. The number of amides is 1. The van der Waals surface area contributed by atoms with Gasteiger partial charge in [0, 0.05) is 12.1 Å². The van der Waals surface area contributed by atoms with Crippen LogP contribution in [0, 0.1) is 11.8 Å². The van der Waals surface area contributed by atoms with Crippen molar-refractivity contribution in [3.05, 3.63) is 0 Å². The van der Waals surface area contributed by atoms with Crippen LogP contribution in [0.1, 0.15) is 71.1 Å². The summed E-state index contributed by atoms with van der Waals surface area (Å²) in [4.78, 5) is 12.4. The van der Waals surface area contributed by atoms with Gasteiger partial charge in [-0.1, -0.05) is 38.5 Å². The van der Waals surface area contributed by atoms with Crippen LogP contribution in [0.4, 0.5) is 0 Å². The molecule has 1 amide bonds. The molecular formula is C16H31ClN2O. The minimum atomic E-state index is 0. The Morgan fingerprint density at radius 1 is 1.00 bits per heavy atom. The third kappa shape index (κ3) is 4.92. The van der Waals surface area contributed by atoms with Gasteiger partial charge in [-0.05, 0) is 38.5 Å². The van der Waals surface area contributed by atoms with Crippen LogP contribution in [0.15, 0.2) is 0 Å². The van der Waals surface area contributed by atoms with Crippen LogP contribution in [0.3, 0.4) is 0 Å². The lowest BCUT2D eigenvalue weighted by molar-refractivity contribution is -0.127. The predicted molar refractivity (Wildman–Crippen MR) is 86.0 cm³/mol. The summed E-state index contributed by atoms with van der Waals surface area (Å²) in [6.07, 6.45) is 12.1. The van der Waals surface area contributed by atoms with Crippen LogP contribution in [-0.2, 0) is 4.79 Å². The zero-order valence-corrected chi connectivity index (χ0v) is 13.6. The third-order valence-electron chi connectivity index (χ3n) is 5.13. The fourth-order valence-corrected chi connectivity index (χ4v) is 3.75. The first kappa shape index (κ1) is 17.8. The number of rotatable bonds is 3. The van der Waals surface area contributed by atoms with E-state index in [0.29, 0.717) is 12.0 Å². The minimum Gasteiger partial charge on any atom is -0.353 e. The molecule has 0 radical (unpaired) electrons. The number of nitrogens with two attached hydrogens (primary N) is 1. The van der Waals surface area contributed by atoms with Crippen LogP contribution in [0.5, 0.6) is 0 Å². The Morgan fingerprint density at radius 3 is 2.20 bits per heavy atom. The maximum absolute atomic E-state index is 12.4. The number of nitrogens with one attached hydrogen (secondary N) is 1. The topological polar surface area (TPSA) is 55.1 Å². The van der Waals surface area contributed by atoms with E-state index in [4.69, 9.17) is 5.73 Å². The lowest BCUT2D eigenvalue weighted by Crippen LogP contribution is -2.46. The molecule has 3 nitrogen and oxygen atoms in total. The van der Waals surface area contributed by atoms with Gasteiger partial charge >= 0.3 is 0 Å². The third-order valence-corrected chi connectivity index (χ3v) is 5.13. The van der Waals surface area contributed by atoms with E-state index < -0.39 is 0 Å². The molecule has 0 aliphatic heterocycles. The summed E-state index contributed by atoms with van der Waals surface area (Å²) in [5, 5.41) is 3.25. The molecule has 2 aliphatic rings. The predicted octanol–water partition coefficient (Wildman–Crippen LogP) is 3.40. The second kappa shape index (κ2) is 8.89. The maximum Gasteiger partial charge on any atom is 0.224 e. The molecule has 20 heavy (non-hydrogen) atoms. The Kier molecular flexibility index (Phi) is 7.90. The fourth-order valence-electron chi connectivity index (χ4n) is 3.75. The van der Waals surface area contributed by atoms with Gasteiger partial charge in [0.25, 0.3) is 0 Å². The number of halogens is 1. The first-order chi connectivity index (χ1) is 9.18. The summed E-state index contributed by atoms with van der Waals surface area (Å²) in [5.74, 6) is 0.951. The Balaban J connectivity index is 0.00000200. The van der Waals surface area contributed by atoms with Gasteiger partial charge in [-0.15, -0.1) is 12.4 Å². The Labute approximate surface area is 129 Å². The quantitative estimate of drug-likeness (QED) is 0.839. The Bertz CT molecular complexity index is 292. The summed E-state index contributed by atoms with van der Waals surface area (Å²) < 4.78 is 0. The smallest absolute Gasteiger partial charge is 0.224 e. The molecule has 0 spiro atoms. The SMILES string of the molecule is CC(NC(=O)C1CCCCCCC1N)C1CCCC1.Cl. The van der Waals surface area contributed by atoms with E-state index in [2.05, 4.69) is 12.2 Å². The summed E-state index contributed by atoms with van der Waals surface area (Å²) >= 11 is 0. The molecule has 2 fully saturated rings. The standard InChI is InChI=1S/C16H30N2O.ClH/c1-12(13-8-6-7-9-13)18-16(19)14-10-4-2-3-5-11-15(14)17;/h12-15H,2-11,17H2,1H3,(H,18,19);1H. The zero-order valence-electron chi connectivity index (χ0n) is 12.8. The molecule has 0 heterocycles. The highest BCUT2D eigenvalue weighted by Gasteiger charge is 2.29. The number of carbonyl (C=O) groups excluding carboxylic acids is 1.